The van der Waals surface area contributed by atoms with E-state index in [0.29, 0.717) is 13.0 Å². The molecule has 0 unspecified atom stereocenters. The number of ether oxygens (including phenoxy) is 1. The lowest BCUT2D eigenvalue weighted by Crippen LogP contribution is -1.98. The molecule has 0 bridgehead atoms. The summed E-state index contributed by atoms with van der Waals surface area (Å²) in [7, 11) is 0. The van der Waals surface area contributed by atoms with Gasteiger partial charge in [0, 0.05) is 13.2 Å². The molecule has 0 saturated heterocycles. The van der Waals surface area contributed by atoms with Crippen LogP contribution in [0.25, 0.3) is 0 Å². The molecule has 0 aliphatic heterocycles. The van der Waals surface area contributed by atoms with Crippen molar-refractivity contribution in [2.45, 2.75) is 19.3 Å². The van der Waals surface area contributed by atoms with E-state index in [1.54, 1.807) is 0 Å². The fourth-order valence-corrected chi connectivity index (χ4v) is 1.29. The molecule has 0 atom stereocenters. The molecule has 15 heavy (non-hydrogen) atoms. The van der Waals surface area contributed by atoms with Gasteiger partial charge in [-0.05, 0) is 37.0 Å². The number of hydrogen-bond acceptors (Lipinski definition) is 3. The van der Waals surface area contributed by atoms with Crippen molar-refractivity contribution in [1.29, 1.82) is 0 Å². The van der Waals surface area contributed by atoms with Gasteiger partial charge in [0.2, 0.25) is 0 Å². The van der Waals surface area contributed by atoms with Crippen molar-refractivity contribution < 1.29 is 14.9 Å². The lowest BCUT2D eigenvalue weighted by Gasteiger charge is -2.06. The van der Waals surface area contributed by atoms with Crippen molar-refractivity contribution in [2.24, 2.45) is 0 Å². The molecular formula is C12H18O3. The highest BCUT2D eigenvalue weighted by Crippen LogP contribution is 2.12. The lowest BCUT2D eigenvalue weighted by molar-refractivity contribution is 0.253. The molecule has 0 amide bonds. The first-order valence-electron chi connectivity index (χ1n) is 5.30. The molecule has 0 heterocycles. The van der Waals surface area contributed by atoms with Crippen LogP contribution in [0, 0.1) is 0 Å². The van der Waals surface area contributed by atoms with E-state index in [1.165, 1.54) is 0 Å². The minimum atomic E-state index is 0.177. The number of benzene rings is 1. The molecule has 0 radical (unpaired) electrons. The van der Waals surface area contributed by atoms with E-state index >= 15 is 0 Å². The molecule has 1 aromatic carbocycles. The monoisotopic (exact) mass is 210 g/mol. The summed E-state index contributed by atoms with van der Waals surface area (Å²) in [5, 5.41) is 17.3. The Labute approximate surface area is 90.3 Å². The Balaban J connectivity index is 2.29. The first-order chi connectivity index (χ1) is 7.36. The van der Waals surface area contributed by atoms with Gasteiger partial charge >= 0.3 is 0 Å². The zero-order valence-electron chi connectivity index (χ0n) is 8.85. The van der Waals surface area contributed by atoms with Crippen LogP contribution in [0.3, 0.4) is 0 Å². The van der Waals surface area contributed by atoms with Gasteiger partial charge in [0.05, 0.1) is 6.61 Å². The Hall–Kier alpha value is -1.06. The van der Waals surface area contributed by atoms with Gasteiger partial charge in [0.15, 0.2) is 0 Å². The maximum Gasteiger partial charge on any atom is 0.119 e. The standard InChI is InChI=1S/C12H18O3/c13-8-1-2-10-15-12-5-3-11(4-6-12)7-9-14/h3-6,13-14H,1-2,7-10H2. The van der Waals surface area contributed by atoms with Gasteiger partial charge in [-0.15, -0.1) is 0 Å². The summed E-state index contributed by atoms with van der Waals surface area (Å²) in [4.78, 5) is 0. The Morgan fingerprint density at radius 3 is 2.27 bits per heavy atom. The summed E-state index contributed by atoms with van der Waals surface area (Å²) in [5.74, 6) is 0.842. The number of aliphatic hydroxyl groups excluding tert-OH is 2. The summed E-state index contributed by atoms with van der Waals surface area (Å²) in [6.07, 6.45) is 2.34. The molecule has 0 fully saturated rings. The fraction of sp³-hybridized carbons (Fsp3) is 0.500. The van der Waals surface area contributed by atoms with E-state index in [0.717, 1.165) is 24.2 Å². The van der Waals surface area contributed by atoms with Crippen LogP contribution in [-0.2, 0) is 6.42 Å². The van der Waals surface area contributed by atoms with Crippen molar-refractivity contribution in [3.8, 4) is 5.75 Å². The predicted molar refractivity (Wildman–Crippen MR) is 59.0 cm³/mol. The van der Waals surface area contributed by atoms with Crippen LogP contribution in [0.4, 0.5) is 0 Å². The smallest absolute Gasteiger partial charge is 0.119 e. The molecule has 0 aromatic heterocycles. The van der Waals surface area contributed by atoms with Gasteiger partial charge in [-0.2, -0.15) is 0 Å². The first kappa shape index (κ1) is 12.0. The molecule has 3 nitrogen and oxygen atoms in total. The largest absolute Gasteiger partial charge is 0.494 e. The SMILES string of the molecule is OCCCCOc1ccc(CCO)cc1. The third-order valence-corrected chi connectivity index (χ3v) is 2.15. The van der Waals surface area contributed by atoms with E-state index in [2.05, 4.69) is 0 Å². The second kappa shape index (κ2) is 7.26. The third kappa shape index (κ3) is 4.81. The van der Waals surface area contributed by atoms with E-state index in [9.17, 15) is 0 Å². The lowest BCUT2D eigenvalue weighted by atomic mass is 10.1. The first-order valence-corrected chi connectivity index (χ1v) is 5.30. The van der Waals surface area contributed by atoms with Gasteiger partial charge < -0.3 is 14.9 Å². The van der Waals surface area contributed by atoms with Crippen LogP contribution >= 0.6 is 0 Å². The van der Waals surface area contributed by atoms with Crippen LogP contribution in [0.5, 0.6) is 5.75 Å². The van der Waals surface area contributed by atoms with Crippen LogP contribution < -0.4 is 4.74 Å². The third-order valence-electron chi connectivity index (χ3n) is 2.15. The minimum absolute atomic E-state index is 0.177. The minimum Gasteiger partial charge on any atom is -0.494 e. The maximum absolute atomic E-state index is 8.73. The van der Waals surface area contributed by atoms with Gasteiger partial charge in [-0.1, -0.05) is 12.1 Å². The van der Waals surface area contributed by atoms with E-state index in [-0.39, 0.29) is 13.2 Å². The Morgan fingerprint density at radius 2 is 1.67 bits per heavy atom. The Kier molecular flexibility index (Phi) is 5.81. The van der Waals surface area contributed by atoms with E-state index in [4.69, 9.17) is 14.9 Å². The number of unbranched alkanes of at least 4 members (excludes halogenated alkanes) is 1. The normalized spacial score (nSPS) is 10.3. The zero-order chi connectivity index (χ0) is 10.9. The highest BCUT2D eigenvalue weighted by atomic mass is 16.5. The maximum atomic E-state index is 8.73. The second-order valence-corrected chi connectivity index (χ2v) is 3.40. The van der Waals surface area contributed by atoms with Crippen molar-refractivity contribution >= 4 is 0 Å². The molecular weight excluding hydrogens is 192 g/mol. The predicted octanol–water partition coefficient (Wildman–Crippen LogP) is 1.37. The summed E-state index contributed by atoms with van der Waals surface area (Å²) in [5.41, 5.74) is 1.11. The highest BCUT2D eigenvalue weighted by molar-refractivity contribution is 5.27. The Morgan fingerprint density at radius 1 is 0.933 bits per heavy atom. The van der Waals surface area contributed by atoms with Gasteiger partial charge in [0.25, 0.3) is 0 Å². The molecule has 0 aliphatic carbocycles. The van der Waals surface area contributed by atoms with E-state index < -0.39 is 0 Å². The van der Waals surface area contributed by atoms with Crippen molar-refractivity contribution in [1.82, 2.24) is 0 Å². The molecule has 1 aromatic rings. The van der Waals surface area contributed by atoms with Crippen LogP contribution in [0.1, 0.15) is 18.4 Å². The van der Waals surface area contributed by atoms with Crippen molar-refractivity contribution in [3.05, 3.63) is 29.8 Å². The zero-order valence-corrected chi connectivity index (χ0v) is 8.85. The number of aliphatic hydroxyl groups is 2. The molecule has 84 valence electrons. The highest BCUT2D eigenvalue weighted by Gasteiger charge is 1.95. The number of hydrogen-bond donors (Lipinski definition) is 2. The molecule has 1 rings (SSSR count). The summed E-state index contributed by atoms with van der Waals surface area (Å²) in [6.45, 7) is 1.04. The summed E-state index contributed by atoms with van der Waals surface area (Å²) >= 11 is 0. The Bertz CT molecular complexity index is 256. The van der Waals surface area contributed by atoms with Crippen LogP contribution in [0.15, 0.2) is 24.3 Å². The summed E-state index contributed by atoms with van der Waals surface area (Å²) in [6, 6.07) is 7.73. The average Bonchev–Trinajstić information content (AvgIpc) is 2.27. The molecule has 0 spiro atoms. The average molecular weight is 210 g/mol. The second-order valence-electron chi connectivity index (χ2n) is 3.40. The van der Waals surface area contributed by atoms with E-state index in [1.807, 2.05) is 24.3 Å². The van der Waals surface area contributed by atoms with Gasteiger partial charge in [-0.25, -0.2) is 0 Å². The van der Waals surface area contributed by atoms with Gasteiger partial charge in [0.1, 0.15) is 5.75 Å². The van der Waals surface area contributed by atoms with Crippen molar-refractivity contribution in [3.63, 3.8) is 0 Å². The fourth-order valence-electron chi connectivity index (χ4n) is 1.29. The number of rotatable bonds is 7. The molecule has 0 saturated carbocycles. The van der Waals surface area contributed by atoms with Crippen molar-refractivity contribution in [2.75, 3.05) is 19.8 Å². The molecule has 2 N–H and O–H groups in total. The van der Waals surface area contributed by atoms with Crippen LogP contribution in [-0.4, -0.2) is 30.0 Å². The topological polar surface area (TPSA) is 49.7 Å². The van der Waals surface area contributed by atoms with Gasteiger partial charge in [-0.3, -0.25) is 0 Å². The van der Waals surface area contributed by atoms with Crippen LogP contribution in [0.2, 0.25) is 0 Å². The summed E-state index contributed by atoms with van der Waals surface area (Å²) < 4.78 is 5.47. The molecule has 3 heteroatoms. The quantitative estimate of drug-likeness (QED) is 0.668. The molecule has 0 aliphatic rings.